The van der Waals surface area contributed by atoms with Gasteiger partial charge in [-0.3, -0.25) is 4.79 Å². The first kappa shape index (κ1) is 32.7. The number of halogens is 10. The first-order valence-corrected chi connectivity index (χ1v) is 14.4. The number of aromatic carboxylic acids is 1. The summed E-state index contributed by atoms with van der Waals surface area (Å²) in [5.74, 6) is -2.19. The van der Waals surface area contributed by atoms with E-state index in [9.17, 15) is 45.8 Å². The molecule has 1 aliphatic carbocycles. The Morgan fingerprint density at radius 1 is 0.725 bits per heavy atom. The van der Waals surface area contributed by atoms with E-state index in [-0.39, 0.29) is 26.1 Å². The van der Waals surface area contributed by atoms with Crippen molar-refractivity contribution in [3.05, 3.63) is 58.3 Å². The van der Waals surface area contributed by atoms with E-state index < -0.39 is 59.2 Å². The van der Waals surface area contributed by atoms with E-state index in [1.165, 1.54) is 0 Å². The van der Waals surface area contributed by atoms with Gasteiger partial charge in [-0.2, -0.15) is 26.3 Å². The van der Waals surface area contributed by atoms with E-state index in [1.54, 1.807) is 0 Å². The molecule has 1 aliphatic rings. The van der Waals surface area contributed by atoms with Crippen LogP contribution in [0.3, 0.4) is 0 Å². The second-order valence-electron chi connectivity index (χ2n) is 8.68. The van der Waals surface area contributed by atoms with E-state index in [4.69, 9.17) is 0 Å². The van der Waals surface area contributed by atoms with Gasteiger partial charge in [0.05, 0.1) is 28.3 Å². The van der Waals surface area contributed by atoms with Crippen LogP contribution in [-0.2, 0) is 12.4 Å². The van der Waals surface area contributed by atoms with Gasteiger partial charge in [0, 0.05) is 29.6 Å². The number of carboxylic acids is 1. The van der Waals surface area contributed by atoms with Crippen LogP contribution in [0.25, 0.3) is 0 Å². The number of hydrogen-bond donors (Lipinski definition) is 4. The third-order valence-electron chi connectivity index (χ3n) is 5.95. The standard InChI is InChI=1S/C23H17Br4F6N3O4/c24-15-13(14(20(38)39)16(25)18(27)17(15)26)19(37)35-11-3-1-2-4-12(11)36-21(40)34-10-6-8(22(28,29)30)5-9(7-10)23(31,32)33/h5-7,11-12H,1-4H2,(H,35,37)(H,38,39)(H2,34,36,40). The SMILES string of the molecule is O=C(Nc1cc(C(F)(F)F)cc(C(F)(F)F)c1)NC1CCCCC1NC(=O)c1c(Br)c(Br)c(Br)c(Br)c1C(=O)O. The third kappa shape index (κ3) is 7.50. The summed E-state index contributed by atoms with van der Waals surface area (Å²) in [5, 5.41) is 16.9. The molecule has 2 unspecified atom stereocenters. The molecule has 4 N–H and O–H groups in total. The minimum Gasteiger partial charge on any atom is -0.478 e. The Kier molecular flexibility index (Phi) is 10.3. The van der Waals surface area contributed by atoms with Crippen molar-refractivity contribution in [3.63, 3.8) is 0 Å². The molecule has 40 heavy (non-hydrogen) atoms. The average Bonchev–Trinajstić information content (AvgIpc) is 2.84. The Morgan fingerprint density at radius 3 is 1.62 bits per heavy atom. The van der Waals surface area contributed by atoms with Crippen molar-refractivity contribution in [1.82, 2.24) is 10.6 Å². The van der Waals surface area contributed by atoms with E-state index in [1.807, 2.05) is 5.32 Å². The van der Waals surface area contributed by atoms with Crippen LogP contribution >= 0.6 is 63.7 Å². The number of nitrogens with one attached hydrogen (secondary N) is 3. The zero-order valence-corrected chi connectivity index (χ0v) is 26.0. The maximum atomic E-state index is 13.3. The number of anilines is 1. The third-order valence-corrected chi connectivity index (χ3v) is 10.7. The molecule has 0 saturated heterocycles. The summed E-state index contributed by atoms with van der Waals surface area (Å²) in [4.78, 5) is 37.8. The normalized spacial score (nSPS) is 17.8. The lowest BCUT2D eigenvalue weighted by atomic mass is 9.90. The molecule has 2 aromatic rings. The van der Waals surface area contributed by atoms with Crippen LogP contribution in [0.4, 0.5) is 36.8 Å². The highest BCUT2D eigenvalue weighted by Gasteiger charge is 2.37. The molecule has 1 saturated carbocycles. The van der Waals surface area contributed by atoms with Gasteiger partial charge >= 0.3 is 24.4 Å². The zero-order chi connectivity index (χ0) is 30.2. The lowest BCUT2D eigenvalue weighted by Gasteiger charge is -2.33. The molecule has 0 heterocycles. The summed E-state index contributed by atoms with van der Waals surface area (Å²) in [6.07, 6.45) is -8.25. The van der Waals surface area contributed by atoms with E-state index in [0.717, 1.165) is 0 Å². The molecule has 17 heteroatoms. The number of carboxylic acid groups (broad SMARTS) is 1. The van der Waals surface area contributed by atoms with Gasteiger partial charge in [0.1, 0.15) is 0 Å². The molecular weight excluding hydrogens is 816 g/mol. The van der Waals surface area contributed by atoms with Crippen molar-refractivity contribution in [1.29, 1.82) is 0 Å². The van der Waals surface area contributed by atoms with Crippen molar-refractivity contribution in [3.8, 4) is 0 Å². The second kappa shape index (κ2) is 12.6. The molecule has 1 fully saturated rings. The topological polar surface area (TPSA) is 108 Å². The molecule has 0 spiro atoms. The van der Waals surface area contributed by atoms with Crippen LogP contribution in [0, 0.1) is 0 Å². The Hall–Kier alpha value is -1.85. The van der Waals surface area contributed by atoms with Gasteiger partial charge in [-0.15, -0.1) is 0 Å². The Labute approximate surface area is 256 Å². The average molecular weight is 833 g/mol. The van der Waals surface area contributed by atoms with E-state index >= 15 is 0 Å². The molecule has 3 amide bonds. The molecular formula is C23H17Br4F6N3O4. The van der Waals surface area contributed by atoms with Gasteiger partial charge in [-0.25, -0.2) is 9.59 Å². The zero-order valence-electron chi connectivity index (χ0n) is 19.7. The highest BCUT2D eigenvalue weighted by atomic mass is 79.9. The van der Waals surface area contributed by atoms with Crippen molar-refractivity contribution in [2.24, 2.45) is 0 Å². The van der Waals surface area contributed by atoms with Crippen LogP contribution in [0.15, 0.2) is 36.1 Å². The van der Waals surface area contributed by atoms with Gasteiger partial charge in [0.15, 0.2) is 0 Å². The summed E-state index contributed by atoms with van der Waals surface area (Å²) < 4.78 is 79.8. The number of rotatable bonds is 5. The maximum absolute atomic E-state index is 13.3. The van der Waals surface area contributed by atoms with Gasteiger partial charge < -0.3 is 21.1 Å². The predicted molar refractivity (Wildman–Crippen MR) is 146 cm³/mol. The quantitative estimate of drug-likeness (QED) is 0.138. The summed E-state index contributed by atoms with van der Waals surface area (Å²) in [6.45, 7) is 0. The number of hydrogen-bond acceptors (Lipinski definition) is 3. The van der Waals surface area contributed by atoms with Gasteiger partial charge in [0.25, 0.3) is 5.91 Å². The summed E-state index contributed by atoms with van der Waals surface area (Å²) in [6, 6.07) is -1.88. The van der Waals surface area contributed by atoms with E-state index in [2.05, 4.69) is 74.4 Å². The highest BCUT2D eigenvalue weighted by molar-refractivity contribution is 9.15. The van der Waals surface area contributed by atoms with Crippen molar-refractivity contribution < 1.29 is 45.8 Å². The molecule has 3 rings (SSSR count). The van der Waals surface area contributed by atoms with Gasteiger partial charge in [-0.1, -0.05) is 12.8 Å². The molecule has 0 bridgehead atoms. The Bertz CT molecular complexity index is 1320. The van der Waals surface area contributed by atoms with Crippen LogP contribution in [0.1, 0.15) is 57.5 Å². The lowest BCUT2D eigenvalue weighted by molar-refractivity contribution is -0.143. The Morgan fingerprint density at radius 2 is 1.18 bits per heavy atom. The van der Waals surface area contributed by atoms with E-state index in [0.29, 0.717) is 46.8 Å². The van der Waals surface area contributed by atoms with Crippen molar-refractivity contribution in [2.45, 2.75) is 50.1 Å². The van der Waals surface area contributed by atoms with Crippen LogP contribution in [0.2, 0.25) is 0 Å². The number of urea groups is 1. The van der Waals surface area contributed by atoms with Crippen molar-refractivity contribution in [2.75, 3.05) is 5.32 Å². The smallest absolute Gasteiger partial charge is 0.416 e. The Balaban J connectivity index is 1.83. The highest BCUT2D eigenvalue weighted by Crippen LogP contribution is 2.42. The summed E-state index contributed by atoms with van der Waals surface area (Å²) in [5.41, 5.74) is -4.47. The fourth-order valence-electron chi connectivity index (χ4n) is 4.13. The maximum Gasteiger partial charge on any atom is 0.416 e. The molecule has 2 atom stereocenters. The number of carbonyl (C=O) groups excluding carboxylic acids is 2. The number of benzene rings is 2. The first-order valence-electron chi connectivity index (χ1n) is 11.2. The van der Waals surface area contributed by atoms with Crippen molar-refractivity contribution >= 4 is 87.3 Å². The summed E-state index contributed by atoms with van der Waals surface area (Å²) >= 11 is 12.9. The minimum absolute atomic E-state index is 0.0574. The fraction of sp³-hybridized carbons (Fsp3) is 0.348. The largest absolute Gasteiger partial charge is 0.478 e. The van der Waals surface area contributed by atoms with Crippen LogP contribution < -0.4 is 16.0 Å². The fourth-order valence-corrected chi connectivity index (χ4v) is 6.59. The molecule has 0 aromatic heterocycles. The van der Waals surface area contributed by atoms with Crippen LogP contribution in [-0.4, -0.2) is 35.1 Å². The van der Waals surface area contributed by atoms with Gasteiger partial charge in [-0.05, 0) is 94.8 Å². The monoisotopic (exact) mass is 829 g/mol. The first-order chi connectivity index (χ1) is 18.4. The number of alkyl halides is 6. The number of carbonyl (C=O) groups is 3. The molecule has 7 nitrogen and oxygen atoms in total. The molecule has 0 radical (unpaired) electrons. The van der Waals surface area contributed by atoms with Crippen LogP contribution in [0.5, 0.6) is 0 Å². The van der Waals surface area contributed by atoms with Gasteiger partial charge in [0.2, 0.25) is 0 Å². The lowest BCUT2D eigenvalue weighted by Crippen LogP contribution is -2.54. The predicted octanol–water partition coefficient (Wildman–Crippen LogP) is 8.34. The molecule has 0 aliphatic heterocycles. The molecule has 218 valence electrons. The second-order valence-corrected chi connectivity index (χ2v) is 11.8. The minimum atomic E-state index is -5.09. The summed E-state index contributed by atoms with van der Waals surface area (Å²) in [7, 11) is 0. The molecule has 2 aromatic carbocycles. The number of amides is 3.